The van der Waals surface area contributed by atoms with Crippen molar-refractivity contribution in [3.05, 3.63) is 77.1 Å². The number of rotatable bonds is 2. The van der Waals surface area contributed by atoms with E-state index in [1.165, 1.54) is 7.11 Å². The van der Waals surface area contributed by atoms with Crippen molar-refractivity contribution in [2.24, 2.45) is 5.41 Å². The molecule has 148 valence electrons. The minimum Gasteiger partial charge on any atom is -0.492 e. The summed E-state index contributed by atoms with van der Waals surface area (Å²) in [6, 6.07) is 17.3. The second-order valence-corrected chi connectivity index (χ2v) is 7.81. The summed E-state index contributed by atoms with van der Waals surface area (Å²) in [5.41, 5.74) is 1.16. The number of Topliss-reactive ketones (excluding diaryl/α,β-unsaturated/α-hetero) is 1. The molecule has 2 aromatic carbocycles. The van der Waals surface area contributed by atoms with E-state index in [2.05, 4.69) is 0 Å². The van der Waals surface area contributed by atoms with Crippen LogP contribution in [0, 0.1) is 5.41 Å². The zero-order valence-corrected chi connectivity index (χ0v) is 16.2. The molecule has 0 saturated carbocycles. The largest absolute Gasteiger partial charge is 0.492 e. The second-order valence-electron chi connectivity index (χ2n) is 7.81. The van der Waals surface area contributed by atoms with Crippen molar-refractivity contribution in [2.45, 2.75) is 31.3 Å². The smallest absolute Gasteiger partial charge is 0.320 e. The molecule has 0 saturated heterocycles. The number of benzene rings is 2. The zero-order valence-electron chi connectivity index (χ0n) is 16.2. The quantitative estimate of drug-likeness (QED) is 0.723. The molecular weight excluding hydrogens is 368 g/mol. The van der Waals surface area contributed by atoms with Gasteiger partial charge in [-0.05, 0) is 18.1 Å². The van der Waals surface area contributed by atoms with Crippen molar-refractivity contribution < 1.29 is 23.8 Å². The van der Waals surface area contributed by atoms with Crippen LogP contribution in [0.4, 0.5) is 0 Å². The summed E-state index contributed by atoms with van der Waals surface area (Å²) in [6.45, 7) is 0.0883. The van der Waals surface area contributed by atoms with Crippen LogP contribution in [0.2, 0.25) is 0 Å². The van der Waals surface area contributed by atoms with E-state index in [1.54, 1.807) is 0 Å². The number of para-hydroxylation sites is 1. The van der Waals surface area contributed by atoms with Crippen molar-refractivity contribution in [1.82, 2.24) is 0 Å². The van der Waals surface area contributed by atoms with E-state index in [4.69, 9.17) is 14.2 Å². The highest BCUT2D eigenvalue weighted by molar-refractivity contribution is 6.00. The Morgan fingerprint density at radius 2 is 1.83 bits per heavy atom. The molecule has 0 bridgehead atoms. The van der Waals surface area contributed by atoms with Gasteiger partial charge >= 0.3 is 5.97 Å². The standard InChI is InChI=1S/C24H22O5/c1-27-23(26)24-14-28-18-12-6-5-10-16(18)21(24)20-17(25)11-7-13-19(20)29-22(24)15-8-3-2-4-9-15/h2-6,8-10,12,21-22H,7,11,13-14H2,1H3/t21-,22-,24+/m0/s1. The van der Waals surface area contributed by atoms with Gasteiger partial charge in [-0.1, -0.05) is 48.5 Å². The van der Waals surface area contributed by atoms with E-state index in [1.807, 2.05) is 54.6 Å². The molecule has 0 N–H and O–H groups in total. The third-order valence-electron chi connectivity index (χ3n) is 6.30. The Hall–Kier alpha value is -3.08. The average molecular weight is 390 g/mol. The number of allylic oxidation sites excluding steroid dienone is 2. The Bertz CT molecular complexity index is 1010. The van der Waals surface area contributed by atoms with Crippen molar-refractivity contribution in [3.8, 4) is 5.75 Å². The van der Waals surface area contributed by atoms with Crippen LogP contribution < -0.4 is 4.74 Å². The summed E-state index contributed by atoms with van der Waals surface area (Å²) in [5, 5.41) is 0. The lowest BCUT2D eigenvalue weighted by Gasteiger charge is -2.51. The first-order valence-electron chi connectivity index (χ1n) is 9.95. The van der Waals surface area contributed by atoms with Crippen molar-refractivity contribution in [2.75, 3.05) is 13.7 Å². The predicted octanol–water partition coefficient (Wildman–Crippen LogP) is 4.10. The molecule has 3 aliphatic rings. The minimum absolute atomic E-state index is 0.0488. The summed E-state index contributed by atoms with van der Waals surface area (Å²) in [7, 11) is 1.38. The van der Waals surface area contributed by atoms with Crippen LogP contribution in [-0.2, 0) is 19.1 Å². The molecule has 0 spiro atoms. The van der Waals surface area contributed by atoms with E-state index < -0.39 is 23.4 Å². The fourth-order valence-corrected chi connectivity index (χ4v) is 5.04. The molecule has 0 fully saturated rings. The Labute approximate surface area is 169 Å². The topological polar surface area (TPSA) is 61.8 Å². The summed E-state index contributed by atoms with van der Waals surface area (Å²) in [6.07, 6.45) is 1.32. The first kappa shape index (κ1) is 18.0. The molecule has 0 unspecified atom stereocenters. The normalized spacial score (nSPS) is 27.7. The van der Waals surface area contributed by atoms with Gasteiger partial charge in [0.25, 0.3) is 0 Å². The molecular formula is C24H22O5. The third kappa shape index (κ3) is 2.53. The highest BCUT2D eigenvalue weighted by Crippen LogP contribution is 2.61. The molecule has 5 rings (SSSR count). The molecule has 1 aliphatic carbocycles. The van der Waals surface area contributed by atoms with Gasteiger partial charge in [0.05, 0.1) is 7.11 Å². The van der Waals surface area contributed by atoms with Crippen molar-refractivity contribution in [3.63, 3.8) is 0 Å². The van der Waals surface area contributed by atoms with Gasteiger partial charge in [-0.3, -0.25) is 9.59 Å². The fraction of sp³-hybridized carbons (Fsp3) is 0.333. The van der Waals surface area contributed by atoms with E-state index in [0.29, 0.717) is 29.9 Å². The van der Waals surface area contributed by atoms with Crippen LogP contribution in [0.25, 0.3) is 0 Å². The summed E-state index contributed by atoms with van der Waals surface area (Å²) < 4.78 is 17.8. The van der Waals surface area contributed by atoms with Crippen LogP contribution in [0.1, 0.15) is 42.4 Å². The van der Waals surface area contributed by atoms with Crippen molar-refractivity contribution >= 4 is 11.8 Å². The average Bonchev–Trinajstić information content (AvgIpc) is 2.78. The monoisotopic (exact) mass is 390 g/mol. The second kappa shape index (κ2) is 6.76. The number of hydrogen-bond acceptors (Lipinski definition) is 5. The van der Waals surface area contributed by atoms with Gasteiger partial charge in [0.1, 0.15) is 24.2 Å². The molecule has 5 heteroatoms. The molecule has 0 amide bonds. The lowest BCUT2D eigenvalue weighted by molar-refractivity contribution is -0.173. The Balaban J connectivity index is 1.81. The van der Waals surface area contributed by atoms with E-state index in [0.717, 1.165) is 17.5 Å². The maximum Gasteiger partial charge on any atom is 0.320 e. The van der Waals surface area contributed by atoms with Gasteiger partial charge in [-0.15, -0.1) is 0 Å². The number of esters is 1. The van der Waals surface area contributed by atoms with Crippen molar-refractivity contribution in [1.29, 1.82) is 0 Å². The number of fused-ring (bicyclic) bond motifs is 4. The van der Waals surface area contributed by atoms with Crippen LogP contribution in [0.5, 0.6) is 5.75 Å². The zero-order chi connectivity index (χ0) is 20.0. The first-order valence-corrected chi connectivity index (χ1v) is 9.95. The summed E-state index contributed by atoms with van der Waals surface area (Å²) in [5.74, 6) is 0.581. The molecule has 2 heterocycles. The summed E-state index contributed by atoms with van der Waals surface area (Å²) >= 11 is 0. The number of ether oxygens (including phenoxy) is 3. The van der Waals surface area contributed by atoms with E-state index in [-0.39, 0.29) is 12.4 Å². The highest BCUT2D eigenvalue weighted by atomic mass is 16.5. The number of carbonyl (C=O) groups is 2. The number of hydrogen-bond donors (Lipinski definition) is 0. The lowest BCUT2D eigenvalue weighted by atomic mass is 9.59. The fourth-order valence-electron chi connectivity index (χ4n) is 5.04. The SMILES string of the molecule is COC(=O)[C@]12COc3ccccc3[C@H]1C1=C(CCCC1=O)O[C@H]2c1ccccc1. The maximum atomic E-state index is 13.4. The molecule has 29 heavy (non-hydrogen) atoms. The number of ketones is 1. The van der Waals surface area contributed by atoms with Gasteiger partial charge in [0.2, 0.25) is 0 Å². The Morgan fingerprint density at radius 1 is 1.07 bits per heavy atom. The third-order valence-corrected chi connectivity index (χ3v) is 6.30. The summed E-state index contributed by atoms with van der Waals surface area (Å²) in [4.78, 5) is 26.4. The van der Waals surface area contributed by atoms with Crippen LogP contribution in [0.3, 0.4) is 0 Å². The van der Waals surface area contributed by atoms with Gasteiger partial charge in [0, 0.05) is 29.9 Å². The minimum atomic E-state index is -1.17. The lowest BCUT2D eigenvalue weighted by Crippen LogP contribution is -2.54. The van der Waals surface area contributed by atoms with Crippen LogP contribution in [-0.4, -0.2) is 25.5 Å². The highest BCUT2D eigenvalue weighted by Gasteiger charge is 2.63. The molecule has 0 aromatic heterocycles. The Kier molecular flexibility index (Phi) is 4.19. The van der Waals surface area contributed by atoms with Crippen LogP contribution >= 0.6 is 0 Å². The van der Waals surface area contributed by atoms with Gasteiger partial charge in [0.15, 0.2) is 11.2 Å². The first-order chi connectivity index (χ1) is 14.2. The number of methoxy groups -OCH3 is 1. The van der Waals surface area contributed by atoms with Gasteiger partial charge in [-0.2, -0.15) is 0 Å². The molecule has 2 aromatic rings. The van der Waals surface area contributed by atoms with E-state index in [9.17, 15) is 9.59 Å². The van der Waals surface area contributed by atoms with Crippen LogP contribution in [0.15, 0.2) is 65.9 Å². The van der Waals surface area contributed by atoms with Gasteiger partial charge < -0.3 is 14.2 Å². The van der Waals surface area contributed by atoms with Gasteiger partial charge in [-0.25, -0.2) is 0 Å². The Morgan fingerprint density at radius 3 is 2.62 bits per heavy atom. The number of carbonyl (C=O) groups excluding carboxylic acids is 2. The predicted molar refractivity (Wildman–Crippen MR) is 105 cm³/mol. The molecule has 0 radical (unpaired) electrons. The van der Waals surface area contributed by atoms with E-state index >= 15 is 0 Å². The molecule has 5 nitrogen and oxygen atoms in total. The maximum absolute atomic E-state index is 13.4. The molecule has 3 atom stereocenters. The molecule has 2 aliphatic heterocycles.